The van der Waals surface area contributed by atoms with Crippen molar-refractivity contribution in [3.63, 3.8) is 0 Å². The first-order chi connectivity index (χ1) is 20.8. The number of hydrazine groups is 1. The van der Waals surface area contributed by atoms with Gasteiger partial charge in [-0.2, -0.15) is 13.2 Å². The maximum absolute atomic E-state index is 13.7. The van der Waals surface area contributed by atoms with E-state index >= 15 is 0 Å². The van der Waals surface area contributed by atoms with Gasteiger partial charge in [-0.05, 0) is 74.9 Å². The van der Waals surface area contributed by atoms with Crippen LogP contribution in [0.2, 0.25) is 0 Å². The van der Waals surface area contributed by atoms with Crippen molar-refractivity contribution < 1.29 is 41.9 Å². The Kier molecular flexibility index (Phi) is 11.0. The highest BCUT2D eigenvalue weighted by atomic mass is 19.4. The molecule has 0 aliphatic carbocycles. The Morgan fingerprint density at radius 1 is 0.955 bits per heavy atom. The van der Waals surface area contributed by atoms with Gasteiger partial charge in [-0.15, -0.1) is 0 Å². The first-order valence-electron chi connectivity index (χ1n) is 13.2. The maximum Gasteiger partial charge on any atom is 0.493 e. The van der Waals surface area contributed by atoms with Crippen LogP contribution in [0.4, 0.5) is 29.3 Å². The van der Waals surface area contributed by atoms with Crippen molar-refractivity contribution in [1.29, 1.82) is 5.41 Å². The van der Waals surface area contributed by atoms with Gasteiger partial charge in [0, 0.05) is 16.9 Å². The minimum Gasteiger partial charge on any atom is -0.490 e. The molecule has 0 bridgehead atoms. The smallest absolute Gasteiger partial charge is 0.490 e. The van der Waals surface area contributed by atoms with E-state index in [1.54, 1.807) is 31.2 Å². The second-order valence-electron chi connectivity index (χ2n) is 9.32. The Balaban J connectivity index is 2.01. The molecule has 0 saturated heterocycles. The number of nitrogens with one attached hydrogen (secondary N) is 4. The van der Waals surface area contributed by atoms with Crippen molar-refractivity contribution >= 4 is 35.1 Å². The lowest BCUT2D eigenvalue weighted by Gasteiger charge is -2.26. The van der Waals surface area contributed by atoms with Crippen molar-refractivity contribution in [2.45, 2.75) is 39.1 Å². The molecular formula is C29H31F3N6O6. The fraction of sp³-hybridized carbons (Fsp3) is 0.241. The number of hydrogen-bond acceptors (Lipinski definition) is 8. The number of carbonyl (C=O) groups is 3. The molecule has 3 amide bonds. The zero-order valence-electron chi connectivity index (χ0n) is 23.9. The van der Waals surface area contributed by atoms with Gasteiger partial charge < -0.3 is 30.7 Å². The molecule has 234 valence electrons. The molecule has 0 aliphatic rings. The predicted octanol–water partition coefficient (Wildman–Crippen LogP) is 4.90. The number of benzene rings is 3. The summed E-state index contributed by atoms with van der Waals surface area (Å²) in [5, 5.41) is 12.5. The lowest BCUT2D eigenvalue weighted by Crippen LogP contribution is -2.52. The molecule has 3 aromatic carbocycles. The molecule has 44 heavy (non-hydrogen) atoms. The SMILES string of the molecule is CCOc1cc(C(Nc2ccc(C(=N)N)cc2)C(=O)NN(OC(=O)C(F)(F)F)C(=O)Nc2ccccc2)ccc1OC(C)C. The maximum atomic E-state index is 13.7. The second kappa shape index (κ2) is 14.6. The fourth-order valence-electron chi connectivity index (χ4n) is 3.65. The summed E-state index contributed by atoms with van der Waals surface area (Å²) in [6, 6.07) is 15.4. The van der Waals surface area contributed by atoms with Crippen molar-refractivity contribution in [3.05, 3.63) is 83.9 Å². The van der Waals surface area contributed by atoms with Crippen LogP contribution in [0.5, 0.6) is 11.5 Å². The van der Waals surface area contributed by atoms with E-state index in [4.69, 9.17) is 20.6 Å². The molecule has 0 radical (unpaired) electrons. The number of anilines is 2. The number of ether oxygens (including phenoxy) is 2. The highest BCUT2D eigenvalue weighted by Crippen LogP contribution is 2.33. The van der Waals surface area contributed by atoms with Crippen molar-refractivity contribution in [2.24, 2.45) is 5.73 Å². The Labute approximate surface area is 250 Å². The zero-order valence-corrected chi connectivity index (χ0v) is 23.9. The summed E-state index contributed by atoms with van der Waals surface area (Å²) >= 11 is 0. The third-order valence-electron chi connectivity index (χ3n) is 5.56. The van der Waals surface area contributed by atoms with E-state index in [1.165, 1.54) is 48.5 Å². The summed E-state index contributed by atoms with van der Waals surface area (Å²) in [4.78, 5) is 42.5. The van der Waals surface area contributed by atoms with Gasteiger partial charge in [0.2, 0.25) is 0 Å². The van der Waals surface area contributed by atoms with Crippen LogP contribution in [0.25, 0.3) is 0 Å². The number of carbonyl (C=O) groups excluding carboxylic acids is 3. The number of rotatable bonds is 10. The Hall–Kier alpha value is -5.47. The lowest BCUT2D eigenvalue weighted by molar-refractivity contribution is -0.234. The highest BCUT2D eigenvalue weighted by molar-refractivity contribution is 5.95. The number of hydrogen-bond donors (Lipinski definition) is 5. The number of halogens is 3. The van der Waals surface area contributed by atoms with E-state index < -0.39 is 30.1 Å². The molecule has 0 saturated carbocycles. The van der Waals surface area contributed by atoms with Gasteiger partial charge in [0.1, 0.15) is 11.9 Å². The van der Waals surface area contributed by atoms with Crippen LogP contribution in [0.3, 0.4) is 0 Å². The number of urea groups is 1. The monoisotopic (exact) mass is 616 g/mol. The standard InChI is InChI=1S/C29H31F3N6O6/c1-4-42-23-16-19(12-15-22(23)43-17(2)3)24(35-21-13-10-18(11-14-21)25(33)34)26(39)37-38(44-27(40)29(30,31)32)28(41)36-20-8-6-5-7-9-20/h5-17,24,35H,4H2,1-3H3,(H3,33,34)(H,36,41)(H,37,39). The van der Waals surface area contributed by atoms with Crippen LogP contribution in [-0.4, -0.2) is 47.8 Å². The third-order valence-corrected chi connectivity index (χ3v) is 5.56. The van der Waals surface area contributed by atoms with Crippen molar-refractivity contribution in [2.75, 3.05) is 17.2 Å². The molecule has 0 fully saturated rings. The van der Waals surface area contributed by atoms with Crippen LogP contribution in [-0.2, 0) is 14.4 Å². The highest BCUT2D eigenvalue weighted by Gasteiger charge is 2.44. The van der Waals surface area contributed by atoms with Crippen LogP contribution in [0, 0.1) is 5.41 Å². The quantitative estimate of drug-likeness (QED) is 0.122. The molecule has 0 spiro atoms. The minimum atomic E-state index is -5.48. The van der Waals surface area contributed by atoms with Gasteiger partial charge in [-0.25, -0.2) is 15.0 Å². The summed E-state index contributed by atoms with van der Waals surface area (Å²) in [5.74, 6) is -3.40. The Bertz CT molecular complexity index is 1470. The predicted molar refractivity (Wildman–Crippen MR) is 155 cm³/mol. The second-order valence-corrected chi connectivity index (χ2v) is 9.32. The molecule has 0 heterocycles. The topological polar surface area (TPSA) is 168 Å². The van der Waals surface area contributed by atoms with Crippen LogP contribution in [0.15, 0.2) is 72.8 Å². The average molecular weight is 617 g/mol. The van der Waals surface area contributed by atoms with Gasteiger partial charge in [-0.1, -0.05) is 29.4 Å². The van der Waals surface area contributed by atoms with Crippen molar-refractivity contribution in [1.82, 2.24) is 10.6 Å². The average Bonchev–Trinajstić information content (AvgIpc) is 2.96. The molecule has 0 aliphatic heterocycles. The molecular weight excluding hydrogens is 585 g/mol. The van der Waals surface area contributed by atoms with Crippen molar-refractivity contribution in [3.8, 4) is 11.5 Å². The van der Waals surface area contributed by atoms with E-state index in [1.807, 2.05) is 19.3 Å². The summed E-state index contributed by atoms with van der Waals surface area (Å²) in [7, 11) is 0. The number of amidine groups is 1. The first kappa shape index (κ1) is 33.0. The van der Waals surface area contributed by atoms with E-state index in [9.17, 15) is 27.6 Å². The van der Waals surface area contributed by atoms with Gasteiger partial charge in [0.05, 0.1) is 12.7 Å². The molecule has 1 atom stereocenters. The van der Waals surface area contributed by atoms with Gasteiger partial charge in [0.15, 0.2) is 11.5 Å². The summed E-state index contributed by atoms with van der Waals surface area (Å²) in [6.07, 6.45) is -5.69. The number of nitrogen functional groups attached to an aromatic ring is 1. The summed E-state index contributed by atoms with van der Waals surface area (Å²) < 4.78 is 50.7. The Morgan fingerprint density at radius 3 is 2.18 bits per heavy atom. The normalized spacial score (nSPS) is 11.6. The van der Waals surface area contributed by atoms with E-state index in [2.05, 4.69) is 15.5 Å². The number of nitrogens with two attached hydrogens (primary N) is 1. The van der Waals surface area contributed by atoms with Gasteiger partial charge in [-0.3, -0.25) is 10.2 Å². The number of hydroxylamine groups is 1. The molecule has 3 aromatic rings. The molecule has 3 rings (SSSR count). The van der Waals surface area contributed by atoms with Crippen LogP contribution < -0.4 is 31.3 Å². The van der Waals surface area contributed by atoms with E-state index in [0.717, 1.165) is 0 Å². The number of alkyl halides is 3. The number of nitrogens with zero attached hydrogens (tertiary/aromatic N) is 1. The summed E-state index contributed by atoms with van der Waals surface area (Å²) in [5.41, 5.74) is 8.56. The lowest BCUT2D eigenvalue weighted by atomic mass is 10.0. The molecule has 1 unspecified atom stereocenters. The molecule has 6 N–H and O–H groups in total. The fourth-order valence-corrected chi connectivity index (χ4v) is 3.65. The third kappa shape index (κ3) is 9.27. The molecule has 12 nitrogen and oxygen atoms in total. The van der Waals surface area contributed by atoms with Gasteiger partial charge in [0.25, 0.3) is 5.91 Å². The van der Waals surface area contributed by atoms with E-state index in [0.29, 0.717) is 17.0 Å². The number of amides is 3. The molecule has 15 heteroatoms. The zero-order chi connectivity index (χ0) is 32.4. The summed E-state index contributed by atoms with van der Waals surface area (Å²) in [6.45, 7) is 5.60. The van der Waals surface area contributed by atoms with E-state index in [-0.39, 0.29) is 40.7 Å². The largest absolute Gasteiger partial charge is 0.493 e. The minimum absolute atomic E-state index is 0.141. The first-order valence-corrected chi connectivity index (χ1v) is 13.2. The Morgan fingerprint density at radius 2 is 1.61 bits per heavy atom. The molecule has 0 aromatic heterocycles. The van der Waals surface area contributed by atoms with Gasteiger partial charge >= 0.3 is 18.2 Å². The number of para-hydroxylation sites is 1. The van der Waals surface area contributed by atoms with Crippen LogP contribution >= 0.6 is 0 Å². The van der Waals surface area contributed by atoms with Crippen LogP contribution in [0.1, 0.15) is 37.9 Å².